The zero-order valence-corrected chi connectivity index (χ0v) is 18.0. The molecule has 0 bridgehead atoms. The van der Waals surface area contributed by atoms with E-state index < -0.39 is 0 Å². The van der Waals surface area contributed by atoms with Crippen LogP contribution in [0.25, 0.3) is 16.8 Å². The number of hydrogen-bond donors (Lipinski definition) is 1. The number of benzene rings is 3. The van der Waals surface area contributed by atoms with Crippen LogP contribution >= 0.6 is 11.8 Å². The van der Waals surface area contributed by atoms with Crippen LogP contribution in [0.2, 0.25) is 0 Å². The maximum Gasteiger partial charge on any atom is 0.234 e. The molecule has 0 saturated carbocycles. The summed E-state index contributed by atoms with van der Waals surface area (Å²) in [5.74, 6) is 0.695. The van der Waals surface area contributed by atoms with Crippen molar-refractivity contribution in [2.24, 2.45) is 0 Å². The fourth-order valence-electron chi connectivity index (χ4n) is 3.09. The normalized spacial score (nSPS) is 10.6. The Labute approximate surface area is 184 Å². The molecular formula is C23H21N5O2S. The molecule has 4 aromatic rings. The fourth-order valence-corrected chi connectivity index (χ4v) is 3.77. The molecule has 1 aromatic heterocycles. The number of ether oxygens (including phenoxy) is 1. The summed E-state index contributed by atoms with van der Waals surface area (Å²) in [6.45, 7) is 1.98. The molecule has 0 atom stereocenters. The maximum absolute atomic E-state index is 12.5. The van der Waals surface area contributed by atoms with Gasteiger partial charge in [-0.2, -0.15) is 4.68 Å². The molecule has 4 rings (SSSR count). The van der Waals surface area contributed by atoms with Gasteiger partial charge in [-0.25, -0.2) is 0 Å². The van der Waals surface area contributed by atoms with Crippen molar-refractivity contribution < 1.29 is 9.53 Å². The number of methoxy groups -OCH3 is 1. The van der Waals surface area contributed by atoms with E-state index >= 15 is 0 Å². The predicted molar refractivity (Wildman–Crippen MR) is 122 cm³/mol. The Hall–Kier alpha value is -3.65. The maximum atomic E-state index is 12.5. The molecule has 1 amide bonds. The fraction of sp³-hybridized carbons (Fsp3) is 0.130. The lowest BCUT2D eigenvalue weighted by molar-refractivity contribution is -0.113. The topological polar surface area (TPSA) is 81.9 Å². The highest BCUT2D eigenvalue weighted by Crippen LogP contribution is 2.27. The minimum Gasteiger partial charge on any atom is -0.494 e. The summed E-state index contributed by atoms with van der Waals surface area (Å²) >= 11 is 1.26. The average molecular weight is 432 g/mol. The number of nitrogens with one attached hydrogen (secondary N) is 1. The van der Waals surface area contributed by atoms with Crippen molar-refractivity contribution >= 4 is 23.4 Å². The standard InChI is InChI=1S/C23H21N5O2S/c1-16-8-13-21(30-2)20(14-16)28-23(25-26-27-28)31-15-22(29)24-19-11-9-18(10-12-19)17-6-4-3-5-7-17/h3-14H,15H2,1-2H3,(H,24,29). The van der Waals surface area contributed by atoms with Crippen LogP contribution in [0.5, 0.6) is 5.75 Å². The number of nitrogens with zero attached hydrogens (tertiary/aromatic N) is 4. The number of aromatic nitrogens is 4. The van der Waals surface area contributed by atoms with Gasteiger partial charge in [-0.1, -0.05) is 60.3 Å². The summed E-state index contributed by atoms with van der Waals surface area (Å²) in [5.41, 5.74) is 4.75. The molecule has 0 aliphatic carbocycles. The quantitative estimate of drug-likeness (QED) is 0.438. The molecule has 0 spiro atoms. The monoisotopic (exact) mass is 431 g/mol. The SMILES string of the molecule is COc1ccc(C)cc1-n1nnnc1SCC(=O)Nc1ccc(-c2ccccc2)cc1. The third-order valence-electron chi connectivity index (χ3n) is 4.61. The van der Waals surface area contributed by atoms with E-state index in [4.69, 9.17) is 4.74 Å². The first-order valence-corrected chi connectivity index (χ1v) is 10.6. The van der Waals surface area contributed by atoms with Crippen molar-refractivity contribution in [2.75, 3.05) is 18.2 Å². The number of hydrogen-bond acceptors (Lipinski definition) is 6. The number of rotatable bonds is 7. The molecule has 0 aliphatic heterocycles. The number of carbonyl (C=O) groups is 1. The molecular weight excluding hydrogens is 410 g/mol. The molecule has 0 aliphatic rings. The number of thioether (sulfide) groups is 1. The first-order chi connectivity index (χ1) is 15.1. The molecule has 7 nitrogen and oxygen atoms in total. The Morgan fingerprint density at radius 2 is 1.77 bits per heavy atom. The van der Waals surface area contributed by atoms with Gasteiger partial charge in [-0.15, -0.1) is 5.10 Å². The van der Waals surface area contributed by atoms with Crippen LogP contribution in [-0.4, -0.2) is 39.0 Å². The second-order valence-electron chi connectivity index (χ2n) is 6.83. The summed E-state index contributed by atoms with van der Waals surface area (Å²) in [4.78, 5) is 12.5. The summed E-state index contributed by atoms with van der Waals surface area (Å²) in [6, 6.07) is 23.6. The molecule has 0 unspecified atom stereocenters. The minimum atomic E-state index is -0.136. The van der Waals surface area contributed by atoms with E-state index in [0.29, 0.717) is 10.9 Å². The lowest BCUT2D eigenvalue weighted by Crippen LogP contribution is -2.14. The smallest absolute Gasteiger partial charge is 0.234 e. The number of amides is 1. The van der Waals surface area contributed by atoms with E-state index in [2.05, 4.69) is 33.0 Å². The zero-order chi connectivity index (χ0) is 21.6. The predicted octanol–water partition coefficient (Wildman–Crippen LogP) is 4.38. The van der Waals surface area contributed by atoms with E-state index in [1.165, 1.54) is 11.8 Å². The van der Waals surface area contributed by atoms with Gasteiger partial charge in [0.1, 0.15) is 11.4 Å². The highest BCUT2D eigenvalue weighted by atomic mass is 32.2. The third-order valence-corrected chi connectivity index (χ3v) is 5.53. The zero-order valence-electron chi connectivity index (χ0n) is 17.1. The van der Waals surface area contributed by atoms with E-state index in [1.54, 1.807) is 11.8 Å². The molecule has 31 heavy (non-hydrogen) atoms. The summed E-state index contributed by atoms with van der Waals surface area (Å²) in [6.07, 6.45) is 0. The second kappa shape index (κ2) is 9.44. The van der Waals surface area contributed by atoms with Gasteiger partial charge >= 0.3 is 0 Å². The number of aryl methyl sites for hydroxylation is 1. The van der Waals surface area contributed by atoms with Crippen molar-refractivity contribution in [3.8, 4) is 22.6 Å². The molecule has 0 radical (unpaired) electrons. The van der Waals surface area contributed by atoms with Gasteiger partial charge in [0.25, 0.3) is 0 Å². The second-order valence-corrected chi connectivity index (χ2v) is 7.77. The largest absolute Gasteiger partial charge is 0.494 e. The van der Waals surface area contributed by atoms with E-state index in [0.717, 1.165) is 28.1 Å². The van der Waals surface area contributed by atoms with E-state index in [-0.39, 0.29) is 11.7 Å². The van der Waals surface area contributed by atoms with Crippen LogP contribution in [-0.2, 0) is 4.79 Å². The highest BCUT2D eigenvalue weighted by molar-refractivity contribution is 7.99. The molecule has 3 aromatic carbocycles. The van der Waals surface area contributed by atoms with Crippen LogP contribution in [0.1, 0.15) is 5.56 Å². The van der Waals surface area contributed by atoms with Crippen molar-refractivity contribution in [3.63, 3.8) is 0 Å². The van der Waals surface area contributed by atoms with Gasteiger partial charge in [0, 0.05) is 5.69 Å². The molecule has 1 heterocycles. The van der Waals surface area contributed by atoms with E-state index in [9.17, 15) is 4.79 Å². The molecule has 1 N–H and O–H groups in total. The van der Waals surface area contributed by atoms with Crippen LogP contribution in [0, 0.1) is 6.92 Å². The van der Waals surface area contributed by atoms with Crippen LogP contribution in [0.4, 0.5) is 5.69 Å². The number of anilines is 1. The molecule has 8 heteroatoms. The average Bonchev–Trinajstić information content (AvgIpc) is 3.27. The molecule has 0 fully saturated rings. The molecule has 156 valence electrons. The summed E-state index contributed by atoms with van der Waals surface area (Å²) in [7, 11) is 1.60. The van der Waals surface area contributed by atoms with Crippen LogP contribution in [0.15, 0.2) is 78.0 Å². The lowest BCUT2D eigenvalue weighted by Gasteiger charge is -2.10. The van der Waals surface area contributed by atoms with Gasteiger partial charge in [0.15, 0.2) is 0 Å². The Morgan fingerprint density at radius 1 is 1.03 bits per heavy atom. The van der Waals surface area contributed by atoms with Gasteiger partial charge in [-0.05, 0) is 58.3 Å². The van der Waals surface area contributed by atoms with Gasteiger partial charge in [0.05, 0.1) is 12.9 Å². The summed E-state index contributed by atoms with van der Waals surface area (Å²) in [5, 5.41) is 15.3. The van der Waals surface area contributed by atoms with Crippen molar-refractivity contribution in [1.82, 2.24) is 20.2 Å². The van der Waals surface area contributed by atoms with Crippen molar-refractivity contribution in [3.05, 3.63) is 78.4 Å². The number of tetrazole rings is 1. The van der Waals surface area contributed by atoms with Gasteiger partial charge in [-0.3, -0.25) is 4.79 Å². The Balaban J connectivity index is 1.40. The lowest BCUT2D eigenvalue weighted by atomic mass is 10.1. The Kier molecular flexibility index (Phi) is 6.28. The van der Waals surface area contributed by atoms with Crippen molar-refractivity contribution in [1.29, 1.82) is 0 Å². The van der Waals surface area contributed by atoms with E-state index in [1.807, 2.05) is 67.6 Å². The van der Waals surface area contributed by atoms with Crippen LogP contribution < -0.4 is 10.1 Å². The van der Waals surface area contributed by atoms with Crippen molar-refractivity contribution in [2.45, 2.75) is 12.1 Å². The minimum absolute atomic E-state index is 0.136. The Bertz CT molecular complexity index is 1180. The Morgan fingerprint density at radius 3 is 2.52 bits per heavy atom. The molecule has 0 saturated heterocycles. The van der Waals surface area contributed by atoms with Gasteiger partial charge in [0.2, 0.25) is 11.1 Å². The highest BCUT2D eigenvalue weighted by Gasteiger charge is 2.15. The first kappa shape index (κ1) is 20.6. The van der Waals surface area contributed by atoms with Crippen LogP contribution in [0.3, 0.4) is 0 Å². The number of carbonyl (C=O) groups excluding carboxylic acids is 1. The first-order valence-electron chi connectivity index (χ1n) is 9.65. The van der Waals surface area contributed by atoms with Gasteiger partial charge < -0.3 is 10.1 Å². The third kappa shape index (κ3) is 4.92. The summed E-state index contributed by atoms with van der Waals surface area (Å²) < 4.78 is 7.00.